The summed E-state index contributed by atoms with van der Waals surface area (Å²) in [6, 6.07) is 0. The molecule has 0 radical (unpaired) electrons. The lowest BCUT2D eigenvalue weighted by Gasteiger charge is -2.04. The second-order valence-electron chi connectivity index (χ2n) is 2.68. The highest BCUT2D eigenvalue weighted by molar-refractivity contribution is 7.98. The van der Waals surface area contributed by atoms with Gasteiger partial charge in [-0.3, -0.25) is 10.1 Å². The average Bonchev–Trinajstić information content (AvgIpc) is 2.27. The van der Waals surface area contributed by atoms with E-state index in [4.69, 9.17) is 11.6 Å². The number of thioether (sulfide) groups is 1. The maximum atomic E-state index is 11.5. The molecule has 0 saturated carbocycles. The minimum absolute atomic E-state index is 0.0260. The maximum Gasteiger partial charge on any atom is 0.364 e. The highest BCUT2D eigenvalue weighted by atomic mass is 35.5. The first kappa shape index (κ1) is 13.7. The van der Waals surface area contributed by atoms with Crippen molar-refractivity contribution in [1.29, 1.82) is 0 Å². The summed E-state index contributed by atoms with van der Waals surface area (Å²) in [5, 5.41) is 10.7. The Hall–Kier alpha value is -1.41. The summed E-state index contributed by atoms with van der Waals surface area (Å²) in [7, 11) is 0. The summed E-state index contributed by atoms with van der Waals surface area (Å²) in [6.45, 7) is 1.67. The highest BCUT2D eigenvalue weighted by Crippen LogP contribution is 2.29. The molecular formula is C8H8ClN3O4S. The van der Waals surface area contributed by atoms with E-state index < -0.39 is 22.3 Å². The molecule has 0 amide bonds. The van der Waals surface area contributed by atoms with E-state index in [1.54, 1.807) is 13.2 Å². The van der Waals surface area contributed by atoms with Gasteiger partial charge in [0.25, 0.3) is 0 Å². The van der Waals surface area contributed by atoms with E-state index in [2.05, 4.69) is 14.7 Å². The molecule has 0 unspecified atom stereocenters. The van der Waals surface area contributed by atoms with Gasteiger partial charge in [0.1, 0.15) is 0 Å². The van der Waals surface area contributed by atoms with Crippen molar-refractivity contribution in [3.05, 3.63) is 21.1 Å². The van der Waals surface area contributed by atoms with Crippen LogP contribution in [0.2, 0.25) is 5.28 Å². The molecular weight excluding hydrogens is 270 g/mol. The van der Waals surface area contributed by atoms with Gasteiger partial charge in [0.05, 0.1) is 11.5 Å². The molecule has 0 atom stereocenters. The molecule has 9 heteroatoms. The zero-order chi connectivity index (χ0) is 13.0. The van der Waals surface area contributed by atoms with Gasteiger partial charge in [0.15, 0.2) is 5.03 Å². The van der Waals surface area contributed by atoms with Gasteiger partial charge in [0.2, 0.25) is 11.0 Å². The average molecular weight is 278 g/mol. The first-order valence-corrected chi connectivity index (χ1v) is 6.04. The van der Waals surface area contributed by atoms with Crippen molar-refractivity contribution in [2.24, 2.45) is 0 Å². The monoisotopic (exact) mass is 277 g/mol. The van der Waals surface area contributed by atoms with Crippen molar-refractivity contribution >= 4 is 35.0 Å². The first-order chi connectivity index (χ1) is 8.01. The molecule has 0 aliphatic heterocycles. The van der Waals surface area contributed by atoms with E-state index in [1.807, 2.05) is 0 Å². The van der Waals surface area contributed by atoms with Gasteiger partial charge in [-0.1, -0.05) is 0 Å². The van der Waals surface area contributed by atoms with Gasteiger partial charge in [-0.2, -0.15) is 0 Å². The molecule has 0 fully saturated rings. The number of halogens is 1. The Balaban J connectivity index is 3.40. The van der Waals surface area contributed by atoms with Crippen molar-refractivity contribution in [3.8, 4) is 0 Å². The quantitative estimate of drug-likeness (QED) is 0.207. The first-order valence-electron chi connectivity index (χ1n) is 4.44. The fourth-order valence-electron chi connectivity index (χ4n) is 1.06. The summed E-state index contributed by atoms with van der Waals surface area (Å²) in [5.41, 5.74) is -0.915. The van der Waals surface area contributed by atoms with Crippen LogP contribution in [-0.4, -0.2) is 33.7 Å². The topological polar surface area (TPSA) is 95.2 Å². The molecule has 1 rings (SSSR count). The number of ether oxygens (including phenoxy) is 1. The van der Waals surface area contributed by atoms with Crippen LogP contribution in [0.15, 0.2) is 5.03 Å². The van der Waals surface area contributed by atoms with E-state index >= 15 is 0 Å². The van der Waals surface area contributed by atoms with Crippen LogP contribution < -0.4 is 0 Å². The van der Waals surface area contributed by atoms with Crippen LogP contribution in [0.25, 0.3) is 0 Å². The zero-order valence-corrected chi connectivity index (χ0v) is 10.5. The number of esters is 1. The van der Waals surface area contributed by atoms with Gasteiger partial charge in [-0.25, -0.2) is 14.8 Å². The molecule has 1 aromatic heterocycles. The Morgan fingerprint density at radius 2 is 2.24 bits per heavy atom. The van der Waals surface area contributed by atoms with Crippen molar-refractivity contribution in [2.75, 3.05) is 12.9 Å². The van der Waals surface area contributed by atoms with Crippen LogP contribution >= 0.6 is 23.4 Å². The SMILES string of the molecule is CCOC(=O)c1nc(Cl)nc(SC)c1[N+](=O)[O-]. The number of carbonyl (C=O) groups is 1. The fourth-order valence-corrected chi connectivity index (χ4v) is 1.82. The van der Waals surface area contributed by atoms with E-state index in [0.717, 1.165) is 11.8 Å². The summed E-state index contributed by atoms with van der Waals surface area (Å²) < 4.78 is 4.67. The molecule has 0 bridgehead atoms. The number of rotatable bonds is 4. The lowest BCUT2D eigenvalue weighted by atomic mass is 10.3. The third-order valence-electron chi connectivity index (χ3n) is 1.67. The third-order valence-corrected chi connectivity index (χ3v) is 2.51. The second-order valence-corrected chi connectivity index (χ2v) is 3.81. The van der Waals surface area contributed by atoms with Crippen molar-refractivity contribution < 1.29 is 14.5 Å². The maximum absolute atomic E-state index is 11.5. The van der Waals surface area contributed by atoms with Gasteiger partial charge < -0.3 is 4.74 Å². The number of hydrogen-bond donors (Lipinski definition) is 0. The molecule has 0 aliphatic carbocycles. The Kier molecular flexibility index (Phi) is 4.64. The molecule has 1 aromatic rings. The van der Waals surface area contributed by atoms with Crippen molar-refractivity contribution in [1.82, 2.24) is 9.97 Å². The number of nitrogens with zero attached hydrogens (tertiary/aromatic N) is 3. The molecule has 92 valence electrons. The molecule has 0 N–H and O–H groups in total. The molecule has 7 nitrogen and oxygen atoms in total. The van der Waals surface area contributed by atoms with E-state index in [9.17, 15) is 14.9 Å². The summed E-state index contributed by atoms with van der Waals surface area (Å²) in [4.78, 5) is 28.9. The standard InChI is InChI=1S/C8H8ClN3O4S/c1-3-16-7(13)4-5(12(14)15)6(17-2)11-8(9)10-4/h3H2,1-2H3. The molecule has 0 saturated heterocycles. The second kappa shape index (κ2) is 5.78. The van der Waals surface area contributed by atoms with Gasteiger partial charge in [-0.15, -0.1) is 11.8 Å². The summed E-state index contributed by atoms with van der Waals surface area (Å²) in [6.07, 6.45) is 1.58. The Bertz CT molecular complexity index is 468. The molecule has 1 heterocycles. The minimum atomic E-state index is -0.890. The fraction of sp³-hybridized carbons (Fsp3) is 0.375. The lowest BCUT2D eigenvalue weighted by Crippen LogP contribution is -2.12. The van der Waals surface area contributed by atoms with Crippen molar-refractivity contribution in [2.45, 2.75) is 11.9 Å². The number of nitro groups is 1. The Labute approximate surface area is 106 Å². The molecule has 17 heavy (non-hydrogen) atoms. The molecule has 0 aromatic carbocycles. The lowest BCUT2D eigenvalue weighted by molar-refractivity contribution is -0.388. The number of carbonyl (C=O) groups excluding carboxylic acids is 1. The smallest absolute Gasteiger partial charge is 0.364 e. The molecule has 0 spiro atoms. The third kappa shape index (κ3) is 3.04. The van der Waals surface area contributed by atoms with Crippen LogP contribution in [-0.2, 0) is 4.74 Å². The van der Waals surface area contributed by atoms with Gasteiger partial charge >= 0.3 is 11.7 Å². The normalized spacial score (nSPS) is 10.1. The van der Waals surface area contributed by atoms with Crippen LogP contribution in [0.1, 0.15) is 17.4 Å². The van der Waals surface area contributed by atoms with E-state index in [1.165, 1.54) is 0 Å². The van der Waals surface area contributed by atoms with Crippen LogP contribution in [0.4, 0.5) is 5.69 Å². The van der Waals surface area contributed by atoms with Gasteiger partial charge in [-0.05, 0) is 24.8 Å². The predicted octanol–water partition coefficient (Wildman–Crippen LogP) is 1.94. The van der Waals surface area contributed by atoms with Crippen LogP contribution in [0.5, 0.6) is 0 Å². The summed E-state index contributed by atoms with van der Waals surface area (Å²) in [5.74, 6) is -0.890. The summed E-state index contributed by atoms with van der Waals surface area (Å²) >= 11 is 6.59. The zero-order valence-electron chi connectivity index (χ0n) is 8.97. The highest BCUT2D eigenvalue weighted by Gasteiger charge is 2.29. The van der Waals surface area contributed by atoms with E-state index in [-0.39, 0.29) is 16.9 Å². The Morgan fingerprint density at radius 1 is 1.59 bits per heavy atom. The Morgan fingerprint density at radius 3 is 2.71 bits per heavy atom. The largest absolute Gasteiger partial charge is 0.461 e. The number of hydrogen-bond acceptors (Lipinski definition) is 7. The predicted molar refractivity (Wildman–Crippen MR) is 61.4 cm³/mol. The van der Waals surface area contributed by atoms with Crippen molar-refractivity contribution in [3.63, 3.8) is 0 Å². The van der Waals surface area contributed by atoms with Gasteiger partial charge in [0, 0.05) is 0 Å². The van der Waals surface area contributed by atoms with Crippen LogP contribution in [0, 0.1) is 10.1 Å². The van der Waals surface area contributed by atoms with E-state index in [0.29, 0.717) is 0 Å². The molecule has 0 aliphatic rings. The minimum Gasteiger partial charge on any atom is -0.461 e. The van der Waals surface area contributed by atoms with Crippen LogP contribution in [0.3, 0.4) is 0 Å². The number of aromatic nitrogens is 2.